The van der Waals surface area contributed by atoms with Crippen LogP contribution in [0.3, 0.4) is 0 Å². The van der Waals surface area contributed by atoms with E-state index in [0.29, 0.717) is 0 Å². The van der Waals surface area contributed by atoms with Crippen LogP contribution in [0.4, 0.5) is 4.39 Å². The van der Waals surface area contributed by atoms with Crippen molar-refractivity contribution in [1.82, 2.24) is 10.2 Å². The predicted molar refractivity (Wildman–Crippen MR) is 73.1 cm³/mol. The van der Waals surface area contributed by atoms with E-state index in [0.717, 1.165) is 37.5 Å². The molecule has 0 amide bonds. The van der Waals surface area contributed by atoms with Crippen molar-refractivity contribution >= 4 is 12.4 Å². The Morgan fingerprint density at radius 3 is 2.61 bits per heavy atom. The third kappa shape index (κ3) is 3.34. The Morgan fingerprint density at radius 1 is 1.33 bits per heavy atom. The van der Waals surface area contributed by atoms with Gasteiger partial charge < -0.3 is 10.1 Å². The SMILES string of the molecule is COc1ccc(F)cc1[C@H](C)N1CCNCC1.Cl. The number of piperazine rings is 1. The second-order valence-electron chi connectivity index (χ2n) is 4.35. The highest BCUT2D eigenvalue weighted by Gasteiger charge is 2.21. The Morgan fingerprint density at radius 2 is 2.00 bits per heavy atom. The maximum atomic E-state index is 13.3. The number of hydrogen-bond donors (Lipinski definition) is 1. The van der Waals surface area contributed by atoms with E-state index in [1.807, 2.05) is 0 Å². The van der Waals surface area contributed by atoms with Gasteiger partial charge in [0.15, 0.2) is 0 Å². The van der Waals surface area contributed by atoms with E-state index in [4.69, 9.17) is 4.74 Å². The van der Waals surface area contributed by atoms with Gasteiger partial charge in [-0.3, -0.25) is 4.90 Å². The van der Waals surface area contributed by atoms with Crippen LogP contribution in [0.15, 0.2) is 18.2 Å². The maximum absolute atomic E-state index is 13.3. The highest BCUT2D eigenvalue weighted by atomic mass is 35.5. The molecule has 2 rings (SSSR count). The monoisotopic (exact) mass is 274 g/mol. The predicted octanol–water partition coefficient (Wildman–Crippen LogP) is 2.22. The molecule has 102 valence electrons. The lowest BCUT2D eigenvalue weighted by atomic mass is 10.0. The Hall–Kier alpha value is -0.840. The highest BCUT2D eigenvalue weighted by Crippen LogP contribution is 2.29. The lowest BCUT2D eigenvalue weighted by Gasteiger charge is -2.33. The molecule has 1 atom stereocenters. The molecule has 18 heavy (non-hydrogen) atoms. The summed E-state index contributed by atoms with van der Waals surface area (Å²) in [5.74, 6) is 0.556. The minimum atomic E-state index is -0.206. The number of nitrogens with one attached hydrogen (secondary N) is 1. The van der Waals surface area contributed by atoms with Crippen molar-refractivity contribution in [2.45, 2.75) is 13.0 Å². The zero-order valence-electron chi connectivity index (χ0n) is 10.8. The normalized spacial score (nSPS) is 17.9. The molecule has 0 aromatic heterocycles. The van der Waals surface area contributed by atoms with E-state index in [2.05, 4.69) is 17.1 Å². The average molecular weight is 275 g/mol. The summed E-state index contributed by atoms with van der Waals surface area (Å²) in [6.07, 6.45) is 0. The number of halogens is 2. The van der Waals surface area contributed by atoms with Crippen molar-refractivity contribution in [1.29, 1.82) is 0 Å². The second-order valence-corrected chi connectivity index (χ2v) is 4.35. The molecule has 1 aromatic carbocycles. The van der Waals surface area contributed by atoms with Gasteiger partial charge in [-0.1, -0.05) is 0 Å². The van der Waals surface area contributed by atoms with Gasteiger partial charge in [0.05, 0.1) is 7.11 Å². The molecular formula is C13H20ClFN2O. The summed E-state index contributed by atoms with van der Waals surface area (Å²) in [4.78, 5) is 2.34. The first kappa shape index (κ1) is 15.2. The van der Waals surface area contributed by atoms with Crippen molar-refractivity contribution in [3.05, 3.63) is 29.6 Å². The molecule has 1 saturated heterocycles. The standard InChI is InChI=1S/C13H19FN2O.ClH/c1-10(16-7-5-15-6-8-16)12-9-11(14)3-4-13(12)17-2;/h3-4,9-10,15H,5-8H2,1-2H3;1H/t10-;/m0./s1. The van der Waals surface area contributed by atoms with E-state index in [9.17, 15) is 4.39 Å². The van der Waals surface area contributed by atoms with Crippen molar-refractivity contribution in [3.63, 3.8) is 0 Å². The van der Waals surface area contributed by atoms with Crippen LogP contribution in [0.5, 0.6) is 5.75 Å². The van der Waals surface area contributed by atoms with Crippen LogP contribution in [0.25, 0.3) is 0 Å². The first-order chi connectivity index (χ1) is 8.22. The van der Waals surface area contributed by atoms with Crippen LogP contribution >= 0.6 is 12.4 Å². The lowest BCUT2D eigenvalue weighted by molar-refractivity contribution is 0.182. The molecule has 1 aliphatic heterocycles. The van der Waals surface area contributed by atoms with Crippen LogP contribution in [0.1, 0.15) is 18.5 Å². The summed E-state index contributed by atoms with van der Waals surface area (Å²) in [7, 11) is 1.63. The summed E-state index contributed by atoms with van der Waals surface area (Å²) >= 11 is 0. The fourth-order valence-corrected chi connectivity index (χ4v) is 2.30. The van der Waals surface area contributed by atoms with Gasteiger partial charge in [-0.05, 0) is 25.1 Å². The minimum absolute atomic E-state index is 0. The van der Waals surface area contributed by atoms with Crippen molar-refractivity contribution in [3.8, 4) is 5.75 Å². The fourth-order valence-electron chi connectivity index (χ4n) is 2.30. The van der Waals surface area contributed by atoms with Crippen LogP contribution < -0.4 is 10.1 Å². The van der Waals surface area contributed by atoms with Crippen LogP contribution in [0.2, 0.25) is 0 Å². The van der Waals surface area contributed by atoms with E-state index < -0.39 is 0 Å². The van der Waals surface area contributed by atoms with Gasteiger partial charge in [-0.2, -0.15) is 0 Å². The third-order valence-electron chi connectivity index (χ3n) is 3.34. The Bertz CT molecular complexity index is 383. The van der Waals surface area contributed by atoms with Crippen LogP contribution in [0, 0.1) is 5.82 Å². The molecule has 1 aliphatic rings. The van der Waals surface area contributed by atoms with Crippen molar-refractivity contribution in [2.24, 2.45) is 0 Å². The first-order valence-corrected chi connectivity index (χ1v) is 6.00. The smallest absolute Gasteiger partial charge is 0.123 e. The first-order valence-electron chi connectivity index (χ1n) is 6.00. The topological polar surface area (TPSA) is 24.5 Å². The van der Waals surface area contributed by atoms with Gasteiger partial charge in [0.1, 0.15) is 11.6 Å². The molecule has 0 unspecified atom stereocenters. The number of benzene rings is 1. The van der Waals surface area contributed by atoms with Gasteiger partial charge in [0.25, 0.3) is 0 Å². The largest absolute Gasteiger partial charge is 0.496 e. The fraction of sp³-hybridized carbons (Fsp3) is 0.538. The molecule has 1 aromatic rings. The quantitative estimate of drug-likeness (QED) is 0.915. The zero-order valence-corrected chi connectivity index (χ0v) is 11.6. The summed E-state index contributed by atoms with van der Waals surface area (Å²) in [5, 5.41) is 3.31. The molecule has 0 aliphatic carbocycles. The Kier molecular flexibility index (Phi) is 5.85. The molecule has 5 heteroatoms. The Balaban J connectivity index is 0.00000162. The minimum Gasteiger partial charge on any atom is -0.496 e. The third-order valence-corrected chi connectivity index (χ3v) is 3.34. The zero-order chi connectivity index (χ0) is 12.3. The number of methoxy groups -OCH3 is 1. The van der Waals surface area contributed by atoms with E-state index in [1.54, 1.807) is 19.2 Å². The molecule has 0 spiro atoms. The van der Waals surface area contributed by atoms with Crippen LogP contribution in [-0.4, -0.2) is 38.2 Å². The summed E-state index contributed by atoms with van der Waals surface area (Å²) in [6, 6.07) is 4.89. The van der Waals surface area contributed by atoms with E-state index >= 15 is 0 Å². The molecule has 1 heterocycles. The molecule has 0 bridgehead atoms. The lowest BCUT2D eigenvalue weighted by Crippen LogP contribution is -2.44. The van der Waals surface area contributed by atoms with Crippen LogP contribution in [-0.2, 0) is 0 Å². The van der Waals surface area contributed by atoms with Crippen molar-refractivity contribution in [2.75, 3.05) is 33.3 Å². The van der Waals surface area contributed by atoms with Gasteiger partial charge in [0.2, 0.25) is 0 Å². The molecule has 1 fully saturated rings. The second kappa shape index (κ2) is 6.92. The number of nitrogens with zero attached hydrogens (tertiary/aromatic N) is 1. The molecule has 3 nitrogen and oxygen atoms in total. The summed E-state index contributed by atoms with van der Waals surface area (Å²) < 4.78 is 18.6. The molecular weight excluding hydrogens is 255 g/mol. The van der Waals surface area contributed by atoms with Gasteiger partial charge >= 0.3 is 0 Å². The number of hydrogen-bond acceptors (Lipinski definition) is 3. The number of rotatable bonds is 3. The van der Waals surface area contributed by atoms with Gasteiger partial charge in [-0.15, -0.1) is 12.4 Å². The molecule has 1 N–H and O–H groups in total. The van der Waals surface area contributed by atoms with Crippen molar-refractivity contribution < 1.29 is 9.13 Å². The average Bonchev–Trinajstić information content (AvgIpc) is 2.39. The molecule has 0 saturated carbocycles. The summed E-state index contributed by atoms with van der Waals surface area (Å²) in [5.41, 5.74) is 0.925. The van der Waals surface area contributed by atoms with E-state index in [1.165, 1.54) is 6.07 Å². The molecule has 0 radical (unpaired) electrons. The van der Waals surface area contributed by atoms with Gasteiger partial charge in [0, 0.05) is 37.8 Å². The number of ether oxygens (including phenoxy) is 1. The Labute approximate surface area is 114 Å². The van der Waals surface area contributed by atoms with E-state index in [-0.39, 0.29) is 24.3 Å². The highest BCUT2D eigenvalue weighted by molar-refractivity contribution is 5.85. The maximum Gasteiger partial charge on any atom is 0.123 e. The summed E-state index contributed by atoms with van der Waals surface area (Å²) in [6.45, 7) is 6.05. The van der Waals surface area contributed by atoms with Gasteiger partial charge in [-0.25, -0.2) is 4.39 Å².